The Labute approximate surface area is 135 Å². The van der Waals surface area contributed by atoms with Gasteiger partial charge >= 0.3 is 0 Å². The van der Waals surface area contributed by atoms with Crippen molar-refractivity contribution in [3.8, 4) is 0 Å². The molecule has 0 unspecified atom stereocenters. The number of nitrogens with one attached hydrogen (secondary N) is 2. The second-order valence-electron chi connectivity index (χ2n) is 6.23. The lowest BCUT2D eigenvalue weighted by atomic mass is 9.87. The van der Waals surface area contributed by atoms with Crippen LogP contribution in [0.3, 0.4) is 0 Å². The number of benzene rings is 1. The van der Waals surface area contributed by atoms with Crippen molar-refractivity contribution in [2.75, 3.05) is 13.1 Å². The van der Waals surface area contributed by atoms with Crippen LogP contribution in [0.4, 0.5) is 0 Å². The summed E-state index contributed by atoms with van der Waals surface area (Å²) in [5.74, 6) is -1.82. The quantitative estimate of drug-likeness (QED) is 0.573. The predicted molar refractivity (Wildman–Crippen MR) is 85.7 cm³/mol. The first-order chi connectivity index (χ1) is 10.6. The maximum Gasteiger partial charge on any atom is 0.251 e. The van der Waals surface area contributed by atoms with Crippen LogP contribution in [0.15, 0.2) is 24.3 Å². The van der Waals surface area contributed by atoms with Gasteiger partial charge in [-0.05, 0) is 23.1 Å². The summed E-state index contributed by atoms with van der Waals surface area (Å²) in [5, 5.41) is 13.9. The Morgan fingerprint density at radius 1 is 1.13 bits per heavy atom. The summed E-state index contributed by atoms with van der Waals surface area (Å²) in [4.78, 5) is 34.1. The minimum Gasteiger partial charge on any atom is -0.381 e. The van der Waals surface area contributed by atoms with Crippen LogP contribution in [-0.4, -0.2) is 42.0 Å². The zero-order valence-electron chi connectivity index (χ0n) is 13.6. The van der Waals surface area contributed by atoms with E-state index in [1.165, 1.54) is 0 Å². The highest BCUT2D eigenvalue weighted by Gasteiger charge is 2.15. The first-order valence-electron chi connectivity index (χ1n) is 7.24. The van der Waals surface area contributed by atoms with Crippen LogP contribution >= 0.6 is 0 Å². The van der Waals surface area contributed by atoms with Crippen molar-refractivity contribution in [2.45, 2.75) is 32.3 Å². The fourth-order valence-corrected chi connectivity index (χ4v) is 1.76. The molecule has 3 amide bonds. The van der Waals surface area contributed by atoms with Gasteiger partial charge in [-0.25, -0.2) is 0 Å². The summed E-state index contributed by atoms with van der Waals surface area (Å²) < 4.78 is 0. The molecule has 1 atom stereocenters. The first kappa shape index (κ1) is 18.6. The van der Waals surface area contributed by atoms with Gasteiger partial charge in [0.15, 0.2) is 0 Å². The van der Waals surface area contributed by atoms with Crippen molar-refractivity contribution < 1.29 is 19.5 Å². The molecule has 1 aromatic carbocycles. The van der Waals surface area contributed by atoms with Gasteiger partial charge in [0.1, 0.15) is 6.10 Å². The van der Waals surface area contributed by atoms with E-state index in [9.17, 15) is 14.4 Å². The van der Waals surface area contributed by atoms with E-state index in [2.05, 4.69) is 31.4 Å². The number of hydrogen-bond acceptors (Lipinski definition) is 4. The number of nitrogens with two attached hydrogens (primary N) is 1. The van der Waals surface area contributed by atoms with Crippen LogP contribution in [0.1, 0.15) is 36.7 Å². The molecule has 0 aliphatic heterocycles. The zero-order chi connectivity index (χ0) is 17.6. The Kier molecular flexibility index (Phi) is 6.27. The molecule has 0 aliphatic carbocycles. The Balaban J connectivity index is 2.47. The van der Waals surface area contributed by atoms with Crippen LogP contribution < -0.4 is 16.4 Å². The van der Waals surface area contributed by atoms with Gasteiger partial charge in [-0.15, -0.1) is 0 Å². The summed E-state index contributed by atoms with van der Waals surface area (Å²) in [5.41, 5.74) is 6.40. The van der Waals surface area contributed by atoms with Gasteiger partial charge in [-0.2, -0.15) is 0 Å². The van der Waals surface area contributed by atoms with E-state index in [0.717, 1.165) is 5.56 Å². The van der Waals surface area contributed by atoms with E-state index < -0.39 is 17.9 Å². The number of aliphatic hydroxyl groups excluding tert-OH is 1. The van der Waals surface area contributed by atoms with E-state index in [-0.39, 0.29) is 24.4 Å². The second kappa shape index (κ2) is 7.73. The van der Waals surface area contributed by atoms with Gasteiger partial charge in [0.25, 0.3) is 5.91 Å². The highest BCUT2D eigenvalue weighted by molar-refractivity contribution is 5.96. The molecule has 0 radical (unpaired) electrons. The Morgan fingerprint density at radius 2 is 1.70 bits per heavy atom. The van der Waals surface area contributed by atoms with Gasteiger partial charge in [0.2, 0.25) is 11.8 Å². The van der Waals surface area contributed by atoms with Gasteiger partial charge in [-0.1, -0.05) is 32.9 Å². The molecule has 23 heavy (non-hydrogen) atoms. The standard InChI is InChI=1S/C16H23N3O4/c1-16(2,3)11-6-4-10(5-7-11)15(23)19-9-13(21)18-8-12(20)14(17)22/h4-7,12,20H,8-9H2,1-3H3,(H2,17,22)(H,18,21)(H,19,23)/t12-/m1/s1. The minimum atomic E-state index is -1.44. The van der Waals surface area contributed by atoms with Crippen molar-refractivity contribution in [2.24, 2.45) is 5.73 Å². The van der Waals surface area contributed by atoms with Gasteiger partial charge in [0, 0.05) is 5.56 Å². The van der Waals surface area contributed by atoms with E-state index in [1.54, 1.807) is 12.1 Å². The van der Waals surface area contributed by atoms with E-state index in [0.29, 0.717) is 5.56 Å². The van der Waals surface area contributed by atoms with E-state index in [4.69, 9.17) is 10.8 Å². The molecule has 0 spiro atoms. The molecule has 0 heterocycles. The van der Waals surface area contributed by atoms with Crippen LogP contribution in [-0.2, 0) is 15.0 Å². The third-order valence-electron chi connectivity index (χ3n) is 3.24. The number of amides is 3. The number of hydrogen-bond donors (Lipinski definition) is 4. The summed E-state index contributed by atoms with van der Waals surface area (Å²) in [7, 11) is 0. The summed E-state index contributed by atoms with van der Waals surface area (Å²) in [6, 6.07) is 7.14. The minimum absolute atomic E-state index is 0.00382. The van der Waals surface area contributed by atoms with Crippen molar-refractivity contribution in [1.82, 2.24) is 10.6 Å². The van der Waals surface area contributed by atoms with Crippen LogP contribution in [0.5, 0.6) is 0 Å². The third-order valence-corrected chi connectivity index (χ3v) is 3.24. The normalized spacial score (nSPS) is 12.3. The van der Waals surface area contributed by atoms with Gasteiger partial charge in [0.05, 0.1) is 13.1 Å². The molecule has 126 valence electrons. The highest BCUT2D eigenvalue weighted by atomic mass is 16.3. The molecule has 1 rings (SSSR count). The Bertz CT molecular complexity index is 576. The SMILES string of the molecule is CC(C)(C)c1ccc(C(=O)NCC(=O)NC[C@@H](O)C(N)=O)cc1. The maximum atomic E-state index is 11.9. The maximum absolute atomic E-state index is 11.9. The first-order valence-corrected chi connectivity index (χ1v) is 7.24. The third kappa shape index (κ3) is 6.07. The van der Waals surface area contributed by atoms with Crippen LogP contribution in [0.2, 0.25) is 0 Å². The average molecular weight is 321 g/mol. The van der Waals surface area contributed by atoms with Crippen molar-refractivity contribution in [3.05, 3.63) is 35.4 Å². The summed E-state index contributed by atoms with van der Waals surface area (Å²) in [6.45, 7) is 5.68. The molecule has 7 heteroatoms. The van der Waals surface area contributed by atoms with Gasteiger partial charge < -0.3 is 21.5 Å². The zero-order valence-corrected chi connectivity index (χ0v) is 13.6. The molecule has 1 aromatic rings. The number of carbonyl (C=O) groups is 3. The summed E-state index contributed by atoms with van der Waals surface area (Å²) in [6.07, 6.45) is -1.44. The lowest BCUT2D eigenvalue weighted by molar-refractivity contribution is -0.126. The Hall–Kier alpha value is -2.41. The predicted octanol–water partition coefficient (Wildman–Crippen LogP) is -0.324. The molecule has 0 saturated carbocycles. The van der Waals surface area contributed by atoms with Crippen LogP contribution in [0.25, 0.3) is 0 Å². The molecule has 0 fully saturated rings. The topological polar surface area (TPSA) is 122 Å². The monoisotopic (exact) mass is 321 g/mol. The molecule has 5 N–H and O–H groups in total. The lowest BCUT2D eigenvalue weighted by Gasteiger charge is -2.19. The number of rotatable bonds is 6. The summed E-state index contributed by atoms with van der Waals surface area (Å²) >= 11 is 0. The molecule has 0 bridgehead atoms. The largest absolute Gasteiger partial charge is 0.381 e. The van der Waals surface area contributed by atoms with Crippen molar-refractivity contribution in [1.29, 1.82) is 0 Å². The molecule has 0 saturated heterocycles. The second-order valence-corrected chi connectivity index (χ2v) is 6.23. The Morgan fingerprint density at radius 3 is 2.17 bits per heavy atom. The van der Waals surface area contributed by atoms with E-state index in [1.807, 2.05) is 12.1 Å². The molecule has 7 nitrogen and oxygen atoms in total. The average Bonchev–Trinajstić information content (AvgIpc) is 2.49. The smallest absolute Gasteiger partial charge is 0.251 e. The number of aliphatic hydroxyl groups is 1. The van der Waals surface area contributed by atoms with Crippen LogP contribution in [0, 0.1) is 0 Å². The van der Waals surface area contributed by atoms with Crippen molar-refractivity contribution >= 4 is 17.7 Å². The van der Waals surface area contributed by atoms with E-state index >= 15 is 0 Å². The van der Waals surface area contributed by atoms with Gasteiger partial charge in [-0.3, -0.25) is 14.4 Å². The lowest BCUT2D eigenvalue weighted by Crippen LogP contribution is -2.43. The van der Waals surface area contributed by atoms with Crippen molar-refractivity contribution in [3.63, 3.8) is 0 Å². The number of carbonyl (C=O) groups excluding carboxylic acids is 3. The number of primary amides is 1. The molecular formula is C16H23N3O4. The molecule has 0 aromatic heterocycles. The molecule has 0 aliphatic rings. The fourth-order valence-electron chi connectivity index (χ4n) is 1.76. The fraction of sp³-hybridized carbons (Fsp3) is 0.438. The highest BCUT2D eigenvalue weighted by Crippen LogP contribution is 2.22. The molecular weight excluding hydrogens is 298 g/mol.